The van der Waals surface area contributed by atoms with Crippen LogP contribution in [0.5, 0.6) is 5.75 Å². The summed E-state index contributed by atoms with van der Waals surface area (Å²) in [6.45, 7) is -0.601. The number of aryl methyl sites for hydroxylation is 1. The number of ether oxygens (including phenoxy) is 1. The van der Waals surface area contributed by atoms with Gasteiger partial charge in [0.1, 0.15) is 16.0 Å². The van der Waals surface area contributed by atoms with E-state index in [2.05, 4.69) is 10.1 Å². The molecule has 28 heavy (non-hydrogen) atoms. The second-order valence-corrected chi connectivity index (χ2v) is 9.78. The van der Waals surface area contributed by atoms with Crippen LogP contribution in [0.25, 0.3) is 0 Å². The molecule has 1 amide bonds. The van der Waals surface area contributed by atoms with Crippen LogP contribution in [-0.2, 0) is 21.4 Å². The van der Waals surface area contributed by atoms with E-state index in [1.165, 1.54) is 27.8 Å². The van der Waals surface area contributed by atoms with Crippen LogP contribution in [0.2, 0.25) is 0 Å². The summed E-state index contributed by atoms with van der Waals surface area (Å²) in [5.41, 5.74) is 0.691. The number of nitrogens with one attached hydrogen (secondary N) is 1. The van der Waals surface area contributed by atoms with Crippen LogP contribution in [0.15, 0.2) is 40.6 Å². The molecule has 1 aromatic carbocycles. The third kappa shape index (κ3) is 4.68. The quantitative estimate of drug-likeness (QED) is 0.732. The fourth-order valence-corrected chi connectivity index (χ4v) is 6.12. The molecule has 1 saturated heterocycles. The monoisotopic (exact) mass is 430 g/mol. The lowest BCUT2D eigenvalue weighted by atomic mass is 10.2. The van der Waals surface area contributed by atoms with Crippen molar-refractivity contribution < 1.29 is 26.7 Å². The minimum Gasteiger partial charge on any atom is -0.435 e. The zero-order chi connectivity index (χ0) is 20.3. The predicted octanol–water partition coefficient (Wildman–Crippen LogP) is 3.13. The molecule has 1 aromatic heterocycles. The van der Waals surface area contributed by atoms with E-state index in [1.807, 2.05) is 6.92 Å². The number of sulfonamides is 1. The van der Waals surface area contributed by atoms with Gasteiger partial charge in [-0.25, -0.2) is 8.42 Å². The normalized spacial score (nSPS) is 17.8. The molecule has 3 rings (SSSR count). The summed E-state index contributed by atoms with van der Waals surface area (Å²) in [6, 6.07) is 8.45. The molecule has 10 heteroatoms. The molecule has 1 atom stereocenters. The van der Waals surface area contributed by atoms with Crippen LogP contribution < -0.4 is 10.1 Å². The summed E-state index contributed by atoms with van der Waals surface area (Å²) in [5, 5.41) is 2.73. The number of carbonyl (C=O) groups excluding carboxylic acids is 1. The number of amides is 1. The molecule has 0 saturated carbocycles. The van der Waals surface area contributed by atoms with Gasteiger partial charge in [0, 0.05) is 18.0 Å². The number of benzene rings is 1. The fourth-order valence-electron chi connectivity index (χ4n) is 3.05. The highest BCUT2D eigenvalue weighted by Gasteiger charge is 2.39. The Kier molecular flexibility index (Phi) is 6.31. The van der Waals surface area contributed by atoms with Gasteiger partial charge in [-0.3, -0.25) is 4.79 Å². The van der Waals surface area contributed by atoms with Crippen molar-refractivity contribution in [2.45, 2.75) is 43.2 Å². The number of thiophene rings is 1. The van der Waals surface area contributed by atoms with E-state index in [0.717, 1.165) is 4.88 Å². The van der Waals surface area contributed by atoms with Gasteiger partial charge in [0.15, 0.2) is 0 Å². The van der Waals surface area contributed by atoms with Gasteiger partial charge in [-0.2, -0.15) is 13.1 Å². The van der Waals surface area contributed by atoms with Crippen molar-refractivity contribution in [2.75, 3.05) is 6.54 Å². The van der Waals surface area contributed by atoms with Gasteiger partial charge < -0.3 is 10.1 Å². The Morgan fingerprint density at radius 2 is 2.00 bits per heavy atom. The highest BCUT2D eigenvalue weighted by Crippen LogP contribution is 2.30. The Balaban J connectivity index is 1.63. The maximum Gasteiger partial charge on any atom is 0.387 e. The number of hydrogen-bond acceptors (Lipinski definition) is 5. The van der Waals surface area contributed by atoms with E-state index in [1.54, 1.807) is 24.3 Å². The van der Waals surface area contributed by atoms with Crippen molar-refractivity contribution in [1.82, 2.24) is 9.62 Å². The highest BCUT2D eigenvalue weighted by molar-refractivity contribution is 7.91. The van der Waals surface area contributed by atoms with Crippen LogP contribution in [0, 0.1) is 6.92 Å². The molecular weight excluding hydrogens is 410 g/mol. The molecule has 0 bridgehead atoms. The molecule has 6 nitrogen and oxygen atoms in total. The molecule has 0 radical (unpaired) electrons. The average molecular weight is 430 g/mol. The lowest BCUT2D eigenvalue weighted by molar-refractivity contribution is -0.124. The van der Waals surface area contributed by atoms with Gasteiger partial charge in [0.25, 0.3) is 10.0 Å². The summed E-state index contributed by atoms with van der Waals surface area (Å²) >= 11 is 1.18. The van der Waals surface area contributed by atoms with Crippen LogP contribution in [-0.4, -0.2) is 37.8 Å². The average Bonchev–Trinajstić information content (AvgIpc) is 3.30. The molecule has 0 spiro atoms. The number of rotatable bonds is 7. The van der Waals surface area contributed by atoms with Crippen molar-refractivity contribution in [3.05, 3.63) is 46.8 Å². The predicted molar refractivity (Wildman–Crippen MR) is 101 cm³/mol. The van der Waals surface area contributed by atoms with Gasteiger partial charge in [-0.15, -0.1) is 11.3 Å². The lowest BCUT2D eigenvalue weighted by Crippen LogP contribution is -2.45. The maximum atomic E-state index is 12.8. The van der Waals surface area contributed by atoms with Crippen molar-refractivity contribution in [2.24, 2.45) is 0 Å². The fraction of sp³-hybridized carbons (Fsp3) is 0.389. The van der Waals surface area contributed by atoms with E-state index in [0.29, 0.717) is 24.9 Å². The van der Waals surface area contributed by atoms with Gasteiger partial charge in [0.2, 0.25) is 5.91 Å². The van der Waals surface area contributed by atoms with E-state index < -0.39 is 22.7 Å². The molecule has 2 heterocycles. The Morgan fingerprint density at radius 1 is 1.29 bits per heavy atom. The highest BCUT2D eigenvalue weighted by atomic mass is 32.2. The summed E-state index contributed by atoms with van der Waals surface area (Å²) in [4.78, 5) is 13.5. The Bertz CT molecular complexity index is 929. The number of carbonyl (C=O) groups is 1. The van der Waals surface area contributed by atoms with Gasteiger partial charge in [-0.05, 0) is 49.6 Å². The molecule has 152 valence electrons. The number of hydrogen-bond donors (Lipinski definition) is 1. The third-order valence-electron chi connectivity index (χ3n) is 4.40. The first-order valence-corrected chi connectivity index (χ1v) is 10.9. The van der Waals surface area contributed by atoms with E-state index in [4.69, 9.17) is 0 Å². The van der Waals surface area contributed by atoms with Gasteiger partial charge >= 0.3 is 6.61 Å². The van der Waals surface area contributed by atoms with Crippen molar-refractivity contribution in [3.8, 4) is 5.75 Å². The molecule has 1 fully saturated rings. The Morgan fingerprint density at radius 3 is 2.61 bits per heavy atom. The number of alkyl halides is 2. The van der Waals surface area contributed by atoms with E-state index in [9.17, 15) is 22.0 Å². The topological polar surface area (TPSA) is 75.7 Å². The van der Waals surface area contributed by atoms with Crippen molar-refractivity contribution in [3.63, 3.8) is 0 Å². The van der Waals surface area contributed by atoms with Gasteiger partial charge in [0.05, 0.1) is 0 Å². The van der Waals surface area contributed by atoms with Crippen molar-refractivity contribution >= 4 is 27.3 Å². The molecule has 2 aromatic rings. The van der Waals surface area contributed by atoms with E-state index in [-0.39, 0.29) is 22.4 Å². The molecular formula is C18H20F2N2O4S2. The first kappa shape index (κ1) is 20.7. The largest absolute Gasteiger partial charge is 0.435 e. The summed E-state index contributed by atoms with van der Waals surface area (Å²) in [5.74, 6) is -0.341. The molecule has 1 N–H and O–H groups in total. The van der Waals surface area contributed by atoms with Crippen LogP contribution in [0.4, 0.5) is 8.78 Å². The Labute approximate surface area is 166 Å². The van der Waals surface area contributed by atoms with Crippen molar-refractivity contribution in [1.29, 1.82) is 0 Å². The second kappa shape index (κ2) is 8.54. The molecule has 1 unspecified atom stereocenters. The number of halogens is 2. The maximum absolute atomic E-state index is 12.8. The zero-order valence-electron chi connectivity index (χ0n) is 15.1. The first-order chi connectivity index (χ1) is 13.3. The van der Waals surface area contributed by atoms with Crippen LogP contribution in [0.1, 0.15) is 23.3 Å². The molecule has 1 aliphatic rings. The van der Waals surface area contributed by atoms with Gasteiger partial charge in [-0.1, -0.05) is 12.1 Å². The third-order valence-corrected chi connectivity index (χ3v) is 7.78. The zero-order valence-corrected chi connectivity index (χ0v) is 16.7. The summed E-state index contributed by atoms with van der Waals surface area (Å²) in [7, 11) is -3.71. The van der Waals surface area contributed by atoms with E-state index >= 15 is 0 Å². The standard InChI is InChI=1S/C18H20F2N2O4S2/c1-12-4-9-16(27-12)28(24,25)22-10-2-3-15(22)17(23)21-11-13-5-7-14(8-6-13)26-18(19)20/h4-9,15,18H,2-3,10-11H2,1H3,(H,21,23). The minimum absolute atomic E-state index is 0.0318. The SMILES string of the molecule is Cc1ccc(S(=O)(=O)N2CCCC2C(=O)NCc2ccc(OC(F)F)cc2)s1. The smallest absolute Gasteiger partial charge is 0.387 e. The lowest BCUT2D eigenvalue weighted by Gasteiger charge is -2.22. The summed E-state index contributed by atoms with van der Waals surface area (Å²) < 4.78 is 55.8. The second-order valence-electron chi connectivity index (χ2n) is 6.38. The first-order valence-electron chi connectivity index (χ1n) is 8.67. The van der Waals surface area contributed by atoms with Crippen LogP contribution >= 0.6 is 11.3 Å². The van der Waals surface area contributed by atoms with Crippen LogP contribution in [0.3, 0.4) is 0 Å². The number of nitrogens with zero attached hydrogens (tertiary/aromatic N) is 1. The summed E-state index contributed by atoms with van der Waals surface area (Å²) in [6.07, 6.45) is 1.07. The Hall–Kier alpha value is -2.04. The molecule has 1 aliphatic heterocycles. The minimum atomic E-state index is -3.71. The molecule has 0 aliphatic carbocycles.